The minimum atomic E-state index is -0.0883. The largest absolute Gasteiger partial charge is 0.324 e. The maximum atomic E-state index is 12.6. The van der Waals surface area contributed by atoms with Crippen LogP contribution in [0.2, 0.25) is 0 Å². The zero-order valence-corrected chi connectivity index (χ0v) is 16.2. The van der Waals surface area contributed by atoms with Crippen LogP contribution in [0.3, 0.4) is 0 Å². The first-order valence-corrected chi connectivity index (χ1v) is 9.97. The van der Waals surface area contributed by atoms with E-state index < -0.39 is 0 Å². The van der Waals surface area contributed by atoms with E-state index in [1.807, 2.05) is 54.6 Å². The van der Waals surface area contributed by atoms with Gasteiger partial charge in [0.1, 0.15) is 0 Å². The summed E-state index contributed by atoms with van der Waals surface area (Å²) in [5.74, 6) is 0.824. The van der Waals surface area contributed by atoms with Crippen LogP contribution in [0.4, 0.5) is 5.69 Å². The Bertz CT molecular complexity index is 1090. The number of aromatic nitrogens is 2. The Morgan fingerprint density at radius 3 is 2.56 bits per heavy atom. The monoisotopic (exact) mass is 375 g/mol. The molecule has 0 saturated heterocycles. The van der Waals surface area contributed by atoms with Crippen LogP contribution in [-0.2, 0) is 13.0 Å². The molecule has 0 aliphatic heterocycles. The van der Waals surface area contributed by atoms with Gasteiger partial charge in [-0.15, -0.1) is 11.3 Å². The molecule has 27 heavy (non-hydrogen) atoms. The highest BCUT2D eigenvalue weighted by molar-refractivity contribution is 7.17. The van der Waals surface area contributed by atoms with Crippen LogP contribution in [-0.4, -0.2) is 15.5 Å². The van der Waals surface area contributed by atoms with Crippen molar-refractivity contribution in [1.29, 1.82) is 0 Å². The average Bonchev–Trinajstić information content (AvgIpc) is 3.33. The third-order valence-electron chi connectivity index (χ3n) is 4.64. The molecule has 136 valence electrons. The molecule has 1 amide bonds. The molecule has 0 saturated carbocycles. The molecule has 2 heterocycles. The quantitative estimate of drug-likeness (QED) is 0.493. The number of nitrogens with one attached hydrogen (secondary N) is 1. The number of anilines is 1. The first-order chi connectivity index (χ1) is 13.2. The van der Waals surface area contributed by atoms with Gasteiger partial charge in [0.25, 0.3) is 5.91 Å². The Labute approximate surface area is 162 Å². The van der Waals surface area contributed by atoms with Crippen molar-refractivity contribution < 1.29 is 4.79 Å². The van der Waals surface area contributed by atoms with Crippen molar-refractivity contribution in [2.75, 3.05) is 5.32 Å². The van der Waals surface area contributed by atoms with E-state index in [9.17, 15) is 4.79 Å². The zero-order valence-electron chi connectivity index (χ0n) is 15.4. The third kappa shape index (κ3) is 3.38. The highest BCUT2D eigenvalue weighted by atomic mass is 32.1. The molecular weight excluding hydrogens is 354 g/mol. The lowest BCUT2D eigenvalue weighted by Crippen LogP contribution is -2.09. The molecule has 0 unspecified atom stereocenters. The first kappa shape index (κ1) is 17.5. The normalized spacial score (nSPS) is 11.0. The van der Waals surface area contributed by atoms with Gasteiger partial charge in [0.15, 0.2) is 5.82 Å². The number of nitrogens with zero attached hydrogens (tertiary/aromatic N) is 2. The highest BCUT2D eigenvalue weighted by Crippen LogP contribution is 2.31. The number of aryl methyl sites for hydroxylation is 2. The van der Waals surface area contributed by atoms with Crippen LogP contribution in [0.25, 0.3) is 21.7 Å². The number of para-hydroxylation sites is 2. The van der Waals surface area contributed by atoms with Crippen LogP contribution in [0.5, 0.6) is 0 Å². The van der Waals surface area contributed by atoms with E-state index in [0.717, 1.165) is 40.4 Å². The number of carbonyl (C=O) groups is 1. The topological polar surface area (TPSA) is 46.9 Å². The van der Waals surface area contributed by atoms with Gasteiger partial charge in [-0.3, -0.25) is 4.79 Å². The summed E-state index contributed by atoms with van der Waals surface area (Å²) >= 11 is 1.47. The van der Waals surface area contributed by atoms with Gasteiger partial charge in [-0.25, -0.2) is 4.98 Å². The minimum Gasteiger partial charge on any atom is -0.324 e. The van der Waals surface area contributed by atoms with E-state index in [0.29, 0.717) is 4.88 Å². The summed E-state index contributed by atoms with van der Waals surface area (Å²) in [4.78, 5) is 19.1. The molecular formula is C22H21N3OS. The van der Waals surface area contributed by atoms with Crippen molar-refractivity contribution in [2.45, 2.75) is 26.8 Å². The SMILES string of the molecule is CCc1ccc(NC(=O)c2ccc(-c3nc4ccccc4n3CC)s2)cc1. The number of hydrogen-bond acceptors (Lipinski definition) is 3. The molecule has 2 aromatic heterocycles. The first-order valence-electron chi connectivity index (χ1n) is 9.15. The lowest BCUT2D eigenvalue weighted by molar-refractivity contribution is 0.103. The average molecular weight is 375 g/mol. The van der Waals surface area contributed by atoms with E-state index in [2.05, 4.69) is 29.8 Å². The summed E-state index contributed by atoms with van der Waals surface area (Å²) in [5.41, 5.74) is 4.16. The number of thiophene rings is 1. The fourth-order valence-corrected chi connectivity index (χ4v) is 4.08. The van der Waals surface area contributed by atoms with Gasteiger partial charge in [0.05, 0.1) is 20.8 Å². The molecule has 1 N–H and O–H groups in total. The van der Waals surface area contributed by atoms with Gasteiger partial charge in [-0.1, -0.05) is 31.2 Å². The zero-order chi connectivity index (χ0) is 18.8. The second-order valence-electron chi connectivity index (χ2n) is 6.34. The predicted molar refractivity (Wildman–Crippen MR) is 112 cm³/mol. The fourth-order valence-electron chi connectivity index (χ4n) is 3.18. The Morgan fingerprint density at radius 1 is 1.04 bits per heavy atom. The van der Waals surface area contributed by atoms with Crippen LogP contribution < -0.4 is 5.32 Å². The molecule has 0 aliphatic carbocycles. The summed E-state index contributed by atoms with van der Waals surface area (Å²) in [6, 6.07) is 19.9. The van der Waals surface area contributed by atoms with E-state index >= 15 is 0 Å². The predicted octanol–water partition coefficient (Wildman–Crippen LogP) is 5.60. The second kappa shape index (κ2) is 7.37. The minimum absolute atomic E-state index is 0.0883. The van der Waals surface area contributed by atoms with Crippen molar-refractivity contribution >= 4 is 34.0 Å². The standard InChI is InChI=1S/C22H21N3OS/c1-3-15-9-11-16(12-10-15)23-22(26)20-14-13-19(27-20)21-24-17-7-5-6-8-18(17)25(21)4-2/h5-14H,3-4H2,1-2H3,(H,23,26). The number of benzene rings is 2. The summed E-state index contributed by atoms with van der Waals surface area (Å²) in [7, 11) is 0. The van der Waals surface area contributed by atoms with Crippen LogP contribution in [0.1, 0.15) is 29.1 Å². The maximum Gasteiger partial charge on any atom is 0.265 e. The van der Waals surface area contributed by atoms with Gasteiger partial charge in [0.2, 0.25) is 0 Å². The molecule has 0 spiro atoms. The van der Waals surface area contributed by atoms with Crippen molar-refractivity contribution in [1.82, 2.24) is 9.55 Å². The lowest BCUT2D eigenvalue weighted by atomic mass is 10.1. The van der Waals surface area contributed by atoms with Crippen molar-refractivity contribution in [2.24, 2.45) is 0 Å². The van der Waals surface area contributed by atoms with Crippen molar-refractivity contribution in [3.05, 3.63) is 71.1 Å². The summed E-state index contributed by atoms with van der Waals surface area (Å²) < 4.78 is 2.19. The Hall–Kier alpha value is -2.92. The number of amides is 1. The lowest BCUT2D eigenvalue weighted by Gasteiger charge is -2.05. The van der Waals surface area contributed by atoms with Crippen molar-refractivity contribution in [3.8, 4) is 10.7 Å². The van der Waals surface area contributed by atoms with Gasteiger partial charge in [-0.2, -0.15) is 0 Å². The van der Waals surface area contributed by atoms with Gasteiger partial charge >= 0.3 is 0 Å². The van der Waals surface area contributed by atoms with Crippen LogP contribution in [0, 0.1) is 0 Å². The van der Waals surface area contributed by atoms with Crippen LogP contribution >= 0.6 is 11.3 Å². The number of rotatable bonds is 5. The second-order valence-corrected chi connectivity index (χ2v) is 7.42. The Kier molecular flexibility index (Phi) is 4.77. The van der Waals surface area contributed by atoms with E-state index in [-0.39, 0.29) is 5.91 Å². The van der Waals surface area contributed by atoms with Crippen molar-refractivity contribution in [3.63, 3.8) is 0 Å². The van der Waals surface area contributed by atoms with Gasteiger partial charge in [-0.05, 0) is 55.3 Å². The molecule has 0 fully saturated rings. The maximum absolute atomic E-state index is 12.6. The Morgan fingerprint density at radius 2 is 1.81 bits per heavy atom. The van der Waals surface area contributed by atoms with Crippen LogP contribution in [0.15, 0.2) is 60.7 Å². The smallest absolute Gasteiger partial charge is 0.265 e. The van der Waals surface area contributed by atoms with E-state index in [4.69, 9.17) is 4.98 Å². The summed E-state index contributed by atoms with van der Waals surface area (Å²) in [5, 5.41) is 2.97. The number of fused-ring (bicyclic) bond motifs is 1. The van der Waals surface area contributed by atoms with E-state index in [1.165, 1.54) is 16.9 Å². The Balaban J connectivity index is 1.60. The molecule has 4 aromatic rings. The molecule has 4 nitrogen and oxygen atoms in total. The molecule has 0 atom stereocenters. The number of imidazole rings is 1. The van der Waals surface area contributed by atoms with Gasteiger partial charge < -0.3 is 9.88 Å². The van der Waals surface area contributed by atoms with E-state index in [1.54, 1.807) is 0 Å². The molecule has 0 aliphatic rings. The molecule has 0 bridgehead atoms. The highest BCUT2D eigenvalue weighted by Gasteiger charge is 2.16. The number of hydrogen-bond donors (Lipinski definition) is 1. The van der Waals surface area contributed by atoms with Gasteiger partial charge in [0, 0.05) is 12.2 Å². The fraction of sp³-hybridized carbons (Fsp3) is 0.182. The molecule has 5 heteroatoms. The third-order valence-corrected chi connectivity index (χ3v) is 5.72. The molecule has 2 aromatic carbocycles. The molecule has 0 radical (unpaired) electrons. The summed E-state index contributed by atoms with van der Waals surface area (Å²) in [6.45, 7) is 5.06. The summed E-state index contributed by atoms with van der Waals surface area (Å²) in [6.07, 6.45) is 0.987. The molecule has 4 rings (SSSR count). The number of carbonyl (C=O) groups excluding carboxylic acids is 1.